The van der Waals surface area contributed by atoms with Crippen molar-refractivity contribution in [3.63, 3.8) is 0 Å². The summed E-state index contributed by atoms with van der Waals surface area (Å²) >= 11 is 6.18. The van der Waals surface area contributed by atoms with Crippen LogP contribution in [0.2, 0.25) is 5.02 Å². The van der Waals surface area contributed by atoms with Crippen molar-refractivity contribution in [3.05, 3.63) is 112 Å². The predicted molar refractivity (Wildman–Crippen MR) is 155 cm³/mol. The van der Waals surface area contributed by atoms with Crippen LogP contribution >= 0.6 is 11.6 Å². The number of hydrogen-bond acceptors (Lipinski definition) is 5. The van der Waals surface area contributed by atoms with Crippen molar-refractivity contribution in [2.75, 3.05) is 14.8 Å². The van der Waals surface area contributed by atoms with Gasteiger partial charge in [0.1, 0.15) is 4.90 Å². The van der Waals surface area contributed by atoms with Gasteiger partial charge in [0.2, 0.25) is 0 Å². The van der Waals surface area contributed by atoms with Gasteiger partial charge in [0.05, 0.1) is 9.92 Å². The van der Waals surface area contributed by atoms with Crippen molar-refractivity contribution >= 4 is 54.6 Å². The van der Waals surface area contributed by atoms with Crippen LogP contribution in [0.25, 0.3) is 0 Å². The van der Waals surface area contributed by atoms with Crippen LogP contribution < -0.4 is 14.8 Å². The van der Waals surface area contributed by atoms with Crippen molar-refractivity contribution in [2.24, 2.45) is 0 Å². The van der Waals surface area contributed by atoms with E-state index < -0.39 is 26.0 Å². The van der Waals surface area contributed by atoms with E-state index in [-0.39, 0.29) is 20.4 Å². The molecule has 0 saturated heterocycles. The van der Waals surface area contributed by atoms with Gasteiger partial charge >= 0.3 is 0 Å². The van der Waals surface area contributed by atoms with Gasteiger partial charge in [0.15, 0.2) is 0 Å². The van der Waals surface area contributed by atoms with Crippen molar-refractivity contribution in [1.29, 1.82) is 0 Å². The number of carbonyl (C=O) groups excluding carboxylic acids is 1. The lowest BCUT2D eigenvalue weighted by Crippen LogP contribution is -2.17. The van der Waals surface area contributed by atoms with E-state index in [2.05, 4.69) is 14.8 Å². The average molecular weight is 584 g/mol. The number of sulfonamides is 2. The van der Waals surface area contributed by atoms with Gasteiger partial charge in [0, 0.05) is 22.6 Å². The van der Waals surface area contributed by atoms with E-state index in [1.54, 1.807) is 42.5 Å². The Morgan fingerprint density at radius 2 is 1.23 bits per heavy atom. The molecule has 3 N–H and O–H groups in total. The van der Waals surface area contributed by atoms with Crippen LogP contribution in [0.15, 0.2) is 94.7 Å². The molecule has 0 aliphatic carbocycles. The number of rotatable bonds is 8. The lowest BCUT2D eigenvalue weighted by atomic mass is 10.1. The lowest BCUT2D eigenvalue weighted by molar-refractivity contribution is 0.102. The van der Waals surface area contributed by atoms with E-state index in [0.717, 1.165) is 16.7 Å². The minimum atomic E-state index is -4.09. The molecule has 4 aromatic carbocycles. The number of nitrogens with one attached hydrogen (secondary N) is 3. The molecule has 0 radical (unpaired) electrons. The maximum absolute atomic E-state index is 13.0. The first-order valence-electron chi connectivity index (χ1n) is 11.7. The second-order valence-corrected chi connectivity index (χ2v) is 12.7. The highest BCUT2D eigenvalue weighted by molar-refractivity contribution is 7.93. The second-order valence-electron chi connectivity index (χ2n) is 9.00. The molecule has 8 nitrogen and oxygen atoms in total. The van der Waals surface area contributed by atoms with Gasteiger partial charge < -0.3 is 5.32 Å². The van der Waals surface area contributed by atoms with Crippen LogP contribution in [0.4, 0.5) is 17.1 Å². The Labute approximate surface area is 233 Å². The number of halogens is 1. The summed E-state index contributed by atoms with van der Waals surface area (Å²) in [6, 6.07) is 21.6. The molecule has 0 bridgehead atoms. The van der Waals surface area contributed by atoms with Crippen molar-refractivity contribution in [1.82, 2.24) is 0 Å². The molecule has 0 aliphatic heterocycles. The van der Waals surface area contributed by atoms with E-state index in [9.17, 15) is 21.6 Å². The first kappa shape index (κ1) is 28.2. The second kappa shape index (κ2) is 11.1. The van der Waals surface area contributed by atoms with Gasteiger partial charge in [-0.05, 0) is 98.6 Å². The number of hydrogen-bond donors (Lipinski definition) is 3. The molecule has 11 heteroatoms. The van der Waals surface area contributed by atoms with Crippen LogP contribution in [-0.4, -0.2) is 22.7 Å². The molecule has 0 aliphatic rings. The number of carbonyl (C=O) groups is 1. The Morgan fingerprint density at radius 1 is 0.641 bits per heavy atom. The lowest BCUT2D eigenvalue weighted by Gasteiger charge is -2.13. The van der Waals surface area contributed by atoms with Gasteiger partial charge in [-0.15, -0.1) is 0 Å². The van der Waals surface area contributed by atoms with E-state index in [1.807, 2.05) is 20.8 Å². The Kier molecular flexibility index (Phi) is 8.01. The topological polar surface area (TPSA) is 121 Å². The van der Waals surface area contributed by atoms with Crippen LogP contribution in [0, 0.1) is 20.8 Å². The third-order valence-corrected chi connectivity index (χ3v) is 9.23. The molecule has 4 aromatic rings. The number of aryl methyl sites for hydroxylation is 3. The monoisotopic (exact) mass is 583 g/mol. The summed E-state index contributed by atoms with van der Waals surface area (Å²) in [6.07, 6.45) is 0. The Bertz CT molecular complexity index is 1750. The first-order valence-corrected chi connectivity index (χ1v) is 15.1. The molecule has 0 aromatic heterocycles. The van der Waals surface area contributed by atoms with Crippen LogP contribution in [0.3, 0.4) is 0 Å². The fourth-order valence-corrected chi connectivity index (χ4v) is 6.26. The minimum Gasteiger partial charge on any atom is -0.322 e. The summed E-state index contributed by atoms with van der Waals surface area (Å²) in [5.41, 5.74) is 4.11. The smallest absolute Gasteiger partial charge is 0.263 e. The summed E-state index contributed by atoms with van der Waals surface area (Å²) < 4.78 is 56.5. The van der Waals surface area contributed by atoms with E-state index in [1.165, 1.54) is 42.5 Å². The molecule has 0 fully saturated rings. The zero-order chi connectivity index (χ0) is 28.4. The largest absolute Gasteiger partial charge is 0.322 e. The van der Waals surface area contributed by atoms with Gasteiger partial charge in [-0.2, -0.15) is 0 Å². The zero-order valence-electron chi connectivity index (χ0n) is 21.3. The van der Waals surface area contributed by atoms with E-state index >= 15 is 0 Å². The highest BCUT2D eigenvalue weighted by atomic mass is 35.5. The molecule has 0 saturated carbocycles. The van der Waals surface area contributed by atoms with Crippen LogP contribution in [-0.2, 0) is 20.0 Å². The summed E-state index contributed by atoms with van der Waals surface area (Å²) in [7, 11) is -7.92. The SMILES string of the molecule is Cc1ccc(NS(=O)(=O)c2ccc(NC(=O)c3ccc(Cl)c(S(=O)(=O)Nc4ccc(C)c(C)c4)c3)cc2)cc1. The number of amides is 1. The summed E-state index contributed by atoms with van der Waals surface area (Å²) in [6.45, 7) is 5.69. The molecular weight excluding hydrogens is 558 g/mol. The fourth-order valence-electron chi connectivity index (χ4n) is 3.62. The van der Waals surface area contributed by atoms with Gasteiger partial charge in [-0.25, -0.2) is 16.8 Å². The van der Waals surface area contributed by atoms with Gasteiger partial charge in [-0.3, -0.25) is 14.2 Å². The third kappa shape index (κ3) is 6.78. The first-order chi connectivity index (χ1) is 18.3. The number of anilines is 3. The zero-order valence-corrected chi connectivity index (χ0v) is 23.7. The average Bonchev–Trinajstić information content (AvgIpc) is 2.88. The Morgan fingerprint density at radius 3 is 1.87 bits per heavy atom. The van der Waals surface area contributed by atoms with Crippen LogP contribution in [0.1, 0.15) is 27.0 Å². The Balaban J connectivity index is 1.49. The standard InChI is InChI=1S/C28H26ClN3O5S2/c1-18-4-8-23(9-5-18)31-38(34,35)25-13-11-22(12-14-25)30-28(33)21-7-15-26(29)27(17-21)39(36,37)32-24-10-6-19(2)20(3)16-24/h4-17,31-32H,1-3H3,(H,30,33). The number of benzene rings is 4. The molecule has 202 valence electrons. The molecule has 0 heterocycles. The molecule has 4 rings (SSSR count). The third-order valence-electron chi connectivity index (χ3n) is 5.97. The fraction of sp³-hybridized carbons (Fsp3) is 0.107. The van der Waals surface area contributed by atoms with E-state index in [0.29, 0.717) is 17.1 Å². The maximum atomic E-state index is 13.0. The van der Waals surface area contributed by atoms with Crippen molar-refractivity contribution in [2.45, 2.75) is 30.6 Å². The van der Waals surface area contributed by atoms with Gasteiger partial charge in [-0.1, -0.05) is 35.4 Å². The van der Waals surface area contributed by atoms with Crippen molar-refractivity contribution < 1.29 is 21.6 Å². The summed E-state index contributed by atoms with van der Waals surface area (Å²) in [5.74, 6) is -0.595. The van der Waals surface area contributed by atoms with Crippen LogP contribution in [0.5, 0.6) is 0 Å². The summed E-state index contributed by atoms with van der Waals surface area (Å²) in [5, 5.41) is 2.60. The quantitative estimate of drug-likeness (QED) is 0.231. The molecule has 0 atom stereocenters. The normalized spacial score (nSPS) is 11.6. The predicted octanol–water partition coefficient (Wildman–Crippen LogP) is 6.12. The molecule has 39 heavy (non-hydrogen) atoms. The molecule has 0 unspecified atom stereocenters. The molecule has 0 spiro atoms. The highest BCUT2D eigenvalue weighted by Crippen LogP contribution is 2.27. The van der Waals surface area contributed by atoms with E-state index in [4.69, 9.17) is 11.6 Å². The maximum Gasteiger partial charge on any atom is 0.263 e. The van der Waals surface area contributed by atoms with Gasteiger partial charge in [0.25, 0.3) is 26.0 Å². The molecule has 1 amide bonds. The van der Waals surface area contributed by atoms with Crippen molar-refractivity contribution in [3.8, 4) is 0 Å². The minimum absolute atomic E-state index is 0.0124. The molecular formula is C28H26ClN3O5S2. The Hall–Kier alpha value is -3.86. The highest BCUT2D eigenvalue weighted by Gasteiger charge is 2.21. The summed E-state index contributed by atoms with van der Waals surface area (Å²) in [4.78, 5) is 12.7.